The predicted molar refractivity (Wildman–Crippen MR) is 16.6 cm³/mol. The van der Waals surface area contributed by atoms with Gasteiger partial charge in [-0.2, -0.15) is 0 Å². The summed E-state index contributed by atoms with van der Waals surface area (Å²) in [5.74, 6) is -4.12. The molecule has 0 nitrogen and oxygen atoms in total. The van der Waals surface area contributed by atoms with Gasteiger partial charge in [0, 0.05) is 8.27 Å². The largest absolute Gasteiger partial charge is 0.304 e. The maximum absolute atomic E-state index is 11.3. The molecule has 0 saturated carbocycles. The second kappa shape index (κ2) is 1.68. The molecule has 0 spiro atoms. The molecule has 7 heavy (non-hydrogen) atoms. The molecule has 0 aromatic heterocycles. The number of hydrogen-bond donors (Lipinski definition) is 0. The van der Waals surface area contributed by atoms with Gasteiger partial charge in [0.05, 0.1) is 0 Å². The van der Waals surface area contributed by atoms with Gasteiger partial charge in [-0.25, -0.2) is 17.6 Å². The van der Waals surface area contributed by atoms with Crippen molar-refractivity contribution in [3.8, 4) is 0 Å². The highest BCUT2D eigenvalue weighted by Crippen LogP contribution is 2.20. The fourth-order valence-electron chi connectivity index (χ4n) is 0. The Bertz CT molecular complexity index is 71.7. The van der Waals surface area contributed by atoms with Gasteiger partial charge in [0.2, 0.25) is 0 Å². The number of hydrogen-bond acceptors (Lipinski definition) is 0. The van der Waals surface area contributed by atoms with Crippen LogP contribution in [0, 0.1) is 0 Å². The molecule has 0 amide bonds. The van der Waals surface area contributed by atoms with Crippen LogP contribution in [0.1, 0.15) is 8.27 Å². The lowest BCUT2D eigenvalue weighted by atomic mass is 10.4. The van der Waals surface area contributed by atoms with Crippen LogP contribution >= 0.6 is 0 Å². The van der Waals surface area contributed by atoms with Gasteiger partial charge in [-0.1, -0.05) is 0 Å². The van der Waals surface area contributed by atoms with Crippen LogP contribution in [-0.4, -0.2) is 12.3 Å². The third-order valence-electron chi connectivity index (χ3n) is 0.319. The van der Waals surface area contributed by atoms with Gasteiger partial charge in [0.15, 0.2) is 0 Å². The Balaban J connectivity index is 3.71. The lowest BCUT2D eigenvalue weighted by Crippen LogP contribution is -2.20. The van der Waals surface area contributed by atoms with Gasteiger partial charge in [0.1, 0.15) is 0 Å². The zero-order valence-corrected chi connectivity index (χ0v) is 3.30. The van der Waals surface area contributed by atoms with Crippen molar-refractivity contribution in [2.75, 3.05) is 0 Å². The SMILES string of the molecule is [2H]CC(F)(F)C(F)F. The highest BCUT2D eigenvalue weighted by molar-refractivity contribution is 4.58. The minimum absolute atomic E-state index is 1.55. The summed E-state index contributed by atoms with van der Waals surface area (Å²) < 4.78 is 50.5. The van der Waals surface area contributed by atoms with Crippen molar-refractivity contribution in [3.63, 3.8) is 0 Å². The smallest absolute Gasteiger partial charge is 0.204 e. The molecule has 0 aromatic rings. The average molecular weight is 117 g/mol. The summed E-state index contributed by atoms with van der Waals surface area (Å²) in [5, 5.41) is 0. The molecule has 0 unspecified atom stereocenters. The summed E-state index contributed by atoms with van der Waals surface area (Å²) >= 11 is 0. The van der Waals surface area contributed by atoms with E-state index in [4.69, 9.17) is 1.37 Å². The van der Waals surface area contributed by atoms with Gasteiger partial charge in [-0.15, -0.1) is 0 Å². The minimum atomic E-state index is -4.12. The zero-order valence-electron chi connectivity index (χ0n) is 4.30. The Morgan fingerprint density at radius 1 is 1.57 bits per heavy atom. The molecule has 0 N–H and O–H groups in total. The van der Waals surface area contributed by atoms with E-state index < -0.39 is 19.2 Å². The fraction of sp³-hybridized carbons (Fsp3) is 1.00. The van der Waals surface area contributed by atoms with E-state index in [-0.39, 0.29) is 0 Å². The van der Waals surface area contributed by atoms with Gasteiger partial charge >= 0.3 is 12.3 Å². The topological polar surface area (TPSA) is 0 Å². The van der Waals surface area contributed by atoms with Crippen molar-refractivity contribution in [3.05, 3.63) is 0 Å². The van der Waals surface area contributed by atoms with Gasteiger partial charge in [0.25, 0.3) is 0 Å². The third-order valence-corrected chi connectivity index (χ3v) is 0.319. The molecule has 4 heteroatoms. The van der Waals surface area contributed by atoms with Crippen LogP contribution in [0.5, 0.6) is 0 Å². The fourth-order valence-corrected chi connectivity index (χ4v) is 0. The van der Waals surface area contributed by atoms with E-state index in [2.05, 4.69) is 0 Å². The Morgan fingerprint density at radius 2 is 2.00 bits per heavy atom. The normalized spacial score (nSPS) is 14.7. The second-order valence-electron chi connectivity index (χ2n) is 1.06. The van der Waals surface area contributed by atoms with Crippen molar-refractivity contribution in [2.24, 2.45) is 0 Å². The summed E-state index contributed by atoms with van der Waals surface area (Å²) in [7, 11) is 0. The summed E-state index contributed by atoms with van der Waals surface area (Å²) in [5.41, 5.74) is 0. The molecule has 0 rings (SSSR count). The van der Waals surface area contributed by atoms with Crippen LogP contribution in [0.4, 0.5) is 17.6 Å². The summed E-state index contributed by atoms with van der Waals surface area (Å²) in [6.45, 7) is -1.55. The van der Waals surface area contributed by atoms with Gasteiger partial charge in [-0.05, 0) is 0 Å². The Morgan fingerprint density at radius 3 is 2.00 bits per heavy atom. The Kier molecular flexibility index (Phi) is 1.17. The molecule has 0 atom stereocenters. The molecule has 0 heterocycles. The lowest BCUT2D eigenvalue weighted by molar-refractivity contribution is -0.113. The first-order valence-corrected chi connectivity index (χ1v) is 1.46. The van der Waals surface area contributed by atoms with Gasteiger partial charge in [-0.3, -0.25) is 0 Å². The monoisotopic (exact) mass is 117 g/mol. The Labute approximate surface area is 39.5 Å². The van der Waals surface area contributed by atoms with Gasteiger partial charge < -0.3 is 0 Å². The molecule has 0 saturated heterocycles. The van der Waals surface area contributed by atoms with Crippen molar-refractivity contribution >= 4 is 0 Å². The number of halogens is 4. The summed E-state index contributed by atoms with van der Waals surface area (Å²) in [6.07, 6.45) is -3.71. The van der Waals surface area contributed by atoms with Crippen molar-refractivity contribution in [2.45, 2.75) is 19.2 Å². The molecule has 0 fully saturated rings. The van der Waals surface area contributed by atoms with Crippen molar-refractivity contribution in [1.82, 2.24) is 0 Å². The average Bonchev–Trinajstić information content (AvgIpc) is 1.67. The standard InChI is InChI=1S/C3H4F4/c1-3(6,7)2(4)5/h2H,1H3/i1D. The third kappa shape index (κ3) is 2.42. The van der Waals surface area contributed by atoms with E-state index in [0.717, 1.165) is 0 Å². The van der Waals surface area contributed by atoms with E-state index in [1.54, 1.807) is 0 Å². The first-order chi connectivity index (χ1) is 3.50. The molecular formula is C3H4F4. The number of alkyl halides is 4. The van der Waals surface area contributed by atoms with Crippen molar-refractivity contribution < 1.29 is 18.9 Å². The van der Waals surface area contributed by atoms with E-state index in [9.17, 15) is 17.6 Å². The lowest BCUT2D eigenvalue weighted by Gasteiger charge is -2.05. The molecule has 0 aromatic carbocycles. The van der Waals surface area contributed by atoms with Crippen LogP contribution < -0.4 is 0 Å². The van der Waals surface area contributed by atoms with E-state index >= 15 is 0 Å². The molecular weight excluding hydrogens is 112 g/mol. The molecule has 0 radical (unpaired) electrons. The van der Waals surface area contributed by atoms with Crippen LogP contribution in [-0.2, 0) is 0 Å². The highest BCUT2D eigenvalue weighted by Gasteiger charge is 2.33. The first-order valence-electron chi connectivity index (χ1n) is 2.16. The quantitative estimate of drug-likeness (QED) is 0.460. The molecule has 44 valence electrons. The maximum Gasteiger partial charge on any atom is 0.304 e. The summed E-state index contributed by atoms with van der Waals surface area (Å²) in [4.78, 5) is 0. The van der Waals surface area contributed by atoms with Crippen LogP contribution in [0.15, 0.2) is 0 Å². The summed E-state index contributed by atoms with van der Waals surface area (Å²) in [6, 6.07) is 0. The molecule has 0 bridgehead atoms. The number of rotatable bonds is 1. The highest BCUT2D eigenvalue weighted by atomic mass is 19.3. The predicted octanol–water partition coefficient (Wildman–Crippen LogP) is 1.91. The minimum Gasteiger partial charge on any atom is -0.204 e. The van der Waals surface area contributed by atoms with E-state index in [1.165, 1.54) is 0 Å². The molecule has 0 aliphatic heterocycles. The second-order valence-corrected chi connectivity index (χ2v) is 1.06. The maximum atomic E-state index is 11.3. The van der Waals surface area contributed by atoms with E-state index in [1.807, 2.05) is 0 Å². The van der Waals surface area contributed by atoms with Crippen LogP contribution in [0.3, 0.4) is 0 Å². The van der Waals surface area contributed by atoms with Crippen LogP contribution in [0.25, 0.3) is 0 Å². The zero-order chi connectivity index (χ0) is 6.78. The molecule has 0 aliphatic rings. The Hall–Kier alpha value is -0.280. The van der Waals surface area contributed by atoms with Crippen LogP contribution in [0.2, 0.25) is 0 Å². The van der Waals surface area contributed by atoms with E-state index in [0.29, 0.717) is 0 Å². The first kappa shape index (κ1) is 4.87. The van der Waals surface area contributed by atoms with Crippen molar-refractivity contribution in [1.29, 1.82) is 0 Å². The molecule has 0 aliphatic carbocycles.